The molecule has 3 unspecified atom stereocenters. The van der Waals surface area contributed by atoms with Gasteiger partial charge in [-0.1, -0.05) is 44.2 Å². The lowest BCUT2D eigenvalue weighted by Gasteiger charge is -2.22. The SMILES string of the molecule is CC1C(=O)N(C)C(=O)C1C(C)c1ccc(O)c2ccccc12. The molecule has 3 atom stereocenters. The highest BCUT2D eigenvalue weighted by molar-refractivity contribution is 6.05. The number of imide groups is 1. The third-order valence-electron chi connectivity index (χ3n) is 4.84. The predicted octanol–water partition coefficient (Wildman–Crippen LogP) is 2.90. The number of carbonyl (C=O) groups is 2. The van der Waals surface area contributed by atoms with E-state index < -0.39 is 0 Å². The van der Waals surface area contributed by atoms with Crippen LogP contribution in [0.3, 0.4) is 0 Å². The van der Waals surface area contributed by atoms with E-state index in [0.717, 1.165) is 16.3 Å². The molecule has 1 aliphatic rings. The number of phenolic OH excluding ortho intramolecular Hbond substituents is 1. The number of fused-ring (bicyclic) bond motifs is 1. The number of likely N-dealkylation sites (tertiary alicyclic amines) is 1. The Morgan fingerprint density at radius 2 is 1.68 bits per heavy atom. The second kappa shape index (κ2) is 5.13. The summed E-state index contributed by atoms with van der Waals surface area (Å²) in [6, 6.07) is 11.1. The summed E-state index contributed by atoms with van der Waals surface area (Å²) in [5.41, 5.74) is 0.988. The molecule has 3 rings (SSSR count). The lowest BCUT2D eigenvalue weighted by Crippen LogP contribution is -2.27. The van der Waals surface area contributed by atoms with E-state index in [4.69, 9.17) is 0 Å². The number of rotatable bonds is 2. The second-order valence-corrected chi connectivity index (χ2v) is 6.06. The van der Waals surface area contributed by atoms with Crippen LogP contribution in [-0.4, -0.2) is 28.9 Å². The minimum Gasteiger partial charge on any atom is -0.507 e. The van der Waals surface area contributed by atoms with Crippen molar-refractivity contribution in [3.05, 3.63) is 42.0 Å². The van der Waals surface area contributed by atoms with Crippen molar-refractivity contribution < 1.29 is 14.7 Å². The van der Waals surface area contributed by atoms with Gasteiger partial charge in [-0.25, -0.2) is 0 Å². The van der Waals surface area contributed by atoms with E-state index >= 15 is 0 Å². The zero-order chi connectivity index (χ0) is 16.0. The second-order valence-electron chi connectivity index (χ2n) is 6.06. The van der Waals surface area contributed by atoms with Crippen LogP contribution in [0, 0.1) is 11.8 Å². The molecule has 0 radical (unpaired) electrons. The maximum absolute atomic E-state index is 12.4. The van der Waals surface area contributed by atoms with Crippen molar-refractivity contribution in [3.63, 3.8) is 0 Å². The molecule has 2 amide bonds. The van der Waals surface area contributed by atoms with Gasteiger partial charge in [0, 0.05) is 18.4 Å². The molecule has 0 saturated carbocycles. The lowest BCUT2D eigenvalue weighted by molar-refractivity contribution is -0.138. The van der Waals surface area contributed by atoms with Gasteiger partial charge in [0.1, 0.15) is 5.75 Å². The Balaban J connectivity index is 2.10. The summed E-state index contributed by atoms with van der Waals surface area (Å²) in [6.45, 7) is 3.79. The molecule has 2 aromatic rings. The highest BCUT2D eigenvalue weighted by Gasteiger charge is 2.46. The molecule has 0 aromatic heterocycles. The summed E-state index contributed by atoms with van der Waals surface area (Å²) in [5, 5.41) is 11.7. The minimum absolute atomic E-state index is 0.0955. The number of benzene rings is 2. The van der Waals surface area contributed by atoms with Crippen LogP contribution < -0.4 is 0 Å². The van der Waals surface area contributed by atoms with E-state index in [1.165, 1.54) is 4.90 Å². The smallest absolute Gasteiger partial charge is 0.233 e. The monoisotopic (exact) mass is 297 g/mol. The number of hydrogen-bond donors (Lipinski definition) is 1. The van der Waals surface area contributed by atoms with E-state index in [1.807, 2.05) is 44.2 Å². The normalized spacial score (nSPS) is 23.3. The van der Waals surface area contributed by atoms with Crippen LogP contribution in [0.2, 0.25) is 0 Å². The Bertz CT molecular complexity index is 768. The Hall–Kier alpha value is -2.36. The third-order valence-corrected chi connectivity index (χ3v) is 4.84. The average molecular weight is 297 g/mol. The van der Waals surface area contributed by atoms with Gasteiger partial charge >= 0.3 is 0 Å². The largest absolute Gasteiger partial charge is 0.507 e. The molecule has 22 heavy (non-hydrogen) atoms. The Morgan fingerprint density at radius 3 is 2.27 bits per heavy atom. The van der Waals surface area contributed by atoms with E-state index in [-0.39, 0.29) is 35.3 Å². The van der Waals surface area contributed by atoms with Crippen LogP contribution in [0.25, 0.3) is 10.8 Å². The van der Waals surface area contributed by atoms with Crippen molar-refractivity contribution >= 4 is 22.6 Å². The first kappa shape index (κ1) is 14.6. The van der Waals surface area contributed by atoms with Crippen molar-refractivity contribution in [2.45, 2.75) is 19.8 Å². The summed E-state index contributed by atoms with van der Waals surface area (Å²) in [7, 11) is 1.54. The fourth-order valence-corrected chi connectivity index (χ4v) is 3.55. The standard InChI is InChI=1S/C18H19NO3/c1-10(16-11(2)17(21)19(3)18(16)22)12-8-9-15(20)14-7-5-4-6-13(12)14/h4-11,16,20H,1-3H3. The van der Waals surface area contributed by atoms with E-state index in [1.54, 1.807) is 13.1 Å². The molecular weight excluding hydrogens is 278 g/mol. The zero-order valence-corrected chi connectivity index (χ0v) is 12.9. The van der Waals surface area contributed by atoms with Crippen LogP contribution >= 0.6 is 0 Å². The van der Waals surface area contributed by atoms with Gasteiger partial charge in [0.2, 0.25) is 11.8 Å². The van der Waals surface area contributed by atoms with Crippen LogP contribution in [0.5, 0.6) is 5.75 Å². The van der Waals surface area contributed by atoms with Gasteiger partial charge in [0.25, 0.3) is 0 Å². The molecule has 1 heterocycles. The van der Waals surface area contributed by atoms with Crippen molar-refractivity contribution in [3.8, 4) is 5.75 Å². The van der Waals surface area contributed by atoms with Gasteiger partial charge in [-0.3, -0.25) is 14.5 Å². The van der Waals surface area contributed by atoms with Crippen LogP contribution in [-0.2, 0) is 9.59 Å². The fraction of sp³-hybridized carbons (Fsp3) is 0.333. The summed E-state index contributed by atoms with van der Waals surface area (Å²) in [6.07, 6.45) is 0. The van der Waals surface area contributed by atoms with E-state index in [0.29, 0.717) is 0 Å². The first-order valence-corrected chi connectivity index (χ1v) is 7.45. The van der Waals surface area contributed by atoms with Gasteiger partial charge in [0.15, 0.2) is 0 Å². The summed E-state index contributed by atoms with van der Waals surface area (Å²) < 4.78 is 0. The average Bonchev–Trinajstić information content (AvgIpc) is 2.71. The van der Waals surface area contributed by atoms with Gasteiger partial charge in [-0.2, -0.15) is 0 Å². The van der Waals surface area contributed by atoms with Gasteiger partial charge < -0.3 is 5.11 Å². The first-order chi connectivity index (χ1) is 10.4. The van der Waals surface area contributed by atoms with E-state index in [9.17, 15) is 14.7 Å². The highest BCUT2D eigenvalue weighted by Crippen LogP contribution is 2.40. The molecular formula is C18H19NO3. The Labute approximate surface area is 129 Å². The van der Waals surface area contributed by atoms with Crippen molar-refractivity contribution in [1.29, 1.82) is 0 Å². The van der Waals surface area contributed by atoms with Crippen molar-refractivity contribution in [2.24, 2.45) is 11.8 Å². The molecule has 1 N–H and O–H groups in total. The Kier molecular flexibility index (Phi) is 3.39. The summed E-state index contributed by atoms with van der Waals surface area (Å²) in [4.78, 5) is 25.7. The van der Waals surface area contributed by atoms with Crippen molar-refractivity contribution in [2.75, 3.05) is 7.05 Å². The number of hydrogen-bond acceptors (Lipinski definition) is 3. The molecule has 1 fully saturated rings. The first-order valence-electron chi connectivity index (χ1n) is 7.45. The lowest BCUT2D eigenvalue weighted by atomic mass is 9.79. The zero-order valence-electron chi connectivity index (χ0n) is 12.9. The number of amides is 2. The molecule has 0 aliphatic carbocycles. The summed E-state index contributed by atoms with van der Waals surface area (Å²) >= 11 is 0. The van der Waals surface area contributed by atoms with Crippen molar-refractivity contribution in [1.82, 2.24) is 4.90 Å². The maximum Gasteiger partial charge on any atom is 0.233 e. The fourth-order valence-electron chi connectivity index (χ4n) is 3.55. The number of phenols is 1. The van der Waals surface area contributed by atoms with Gasteiger partial charge in [0.05, 0.1) is 5.92 Å². The van der Waals surface area contributed by atoms with Crippen LogP contribution in [0.4, 0.5) is 0 Å². The quantitative estimate of drug-likeness (QED) is 0.867. The third kappa shape index (κ3) is 1.98. The predicted molar refractivity (Wildman–Crippen MR) is 84.5 cm³/mol. The van der Waals surface area contributed by atoms with Gasteiger partial charge in [-0.05, 0) is 22.9 Å². The maximum atomic E-state index is 12.4. The van der Waals surface area contributed by atoms with Gasteiger partial charge in [-0.15, -0.1) is 0 Å². The molecule has 4 nitrogen and oxygen atoms in total. The molecule has 4 heteroatoms. The number of aromatic hydroxyl groups is 1. The molecule has 2 aromatic carbocycles. The topological polar surface area (TPSA) is 57.6 Å². The number of carbonyl (C=O) groups excluding carboxylic acids is 2. The molecule has 114 valence electrons. The van der Waals surface area contributed by atoms with E-state index in [2.05, 4.69) is 0 Å². The highest BCUT2D eigenvalue weighted by atomic mass is 16.3. The molecule has 1 aliphatic heterocycles. The molecule has 1 saturated heterocycles. The number of nitrogens with zero attached hydrogens (tertiary/aromatic N) is 1. The van der Waals surface area contributed by atoms with Crippen LogP contribution in [0.15, 0.2) is 36.4 Å². The minimum atomic E-state index is -0.356. The summed E-state index contributed by atoms with van der Waals surface area (Å²) in [5.74, 6) is -0.787. The molecule has 0 spiro atoms. The van der Waals surface area contributed by atoms with Crippen LogP contribution in [0.1, 0.15) is 25.3 Å². The Morgan fingerprint density at radius 1 is 1.05 bits per heavy atom. The molecule has 0 bridgehead atoms.